The Hall–Kier alpha value is -2.82. The molecule has 0 aliphatic carbocycles. The number of hydrogen-bond donors (Lipinski definition) is 2. The van der Waals surface area contributed by atoms with Crippen LogP contribution in [0.25, 0.3) is 22.2 Å². The fraction of sp³-hybridized carbons (Fsp3) is 0.176. The third-order valence-electron chi connectivity index (χ3n) is 4.00. The van der Waals surface area contributed by atoms with Gasteiger partial charge in [0.15, 0.2) is 5.65 Å². The van der Waals surface area contributed by atoms with Crippen molar-refractivity contribution >= 4 is 11.0 Å². The molecular weight excluding hydrogens is 276 g/mol. The summed E-state index contributed by atoms with van der Waals surface area (Å²) in [4.78, 5) is 4.47. The van der Waals surface area contributed by atoms with Crippen LogP contribution in [0.3, 0.4) is 0 Å². The van der Waals surface area contributed by atoms with Crippen molar-refractivity contribution in [1.82, 2.24) is 20.5 Å². The maximum atomic E-state index is 5.20. The molecule has 5 nitrogen and oxygen atoms in total. The van der Waals surface area contributed by atoms with E-state index >= 15 is 0 Å². The van der Waals surface area contributed by atoms with Crippen molar-refractivity contribution in [2.24, 2.45) is 0 Å². The number of fused-ring (bicyclic) bond motifs is 1. The number of benzene rings is 1. The molecule has 5 heteroatoms. The Morgan fingerprint density at radius 3 is 2.77 bits per heavy atom. The summed E-state index contributed by atoms with van der Waals surface area (Å²) in [5.74, 6) is 0.850. The van der Waals surface area contributed by atoms with Crippen LogP contribution < -0.4 is 10.1 Å². The van der Waals surface area contributed by atoms with E-state index in [1.54, 1.807) is 7.11 Å². The first-order valence-corrected chi connectivity index (χ1v) is 7.24. The van der Waals surface area contributed by atoms with Crippen molar-refractivity contribution in [1.29, 1.82) is 0 Å². The minimum Gasteiger partial charge on any atom is -0.497 e. The molecule has 0 spiro atoms. The minimum absolute atomic E-state index is 0.248. The molecular formula is C17H16N4O. The topological polar surface area (TPSA) is 62.8 Å². The van der Waals surface area contributed by atoms with Gasteiger partial charge in [0.1, 0.15) is 5.75 Å². The van der Waals surface area contributed by atoms with E-state index in [9.17, 15) is 0 Å². The minimum atomic E-state index is 0.248. The van der Waals surface area contributed by atoms with E-state index in [0.717, 1.165) is 40.0 Å². The summed E-state index contributed by atoms with van der Waals surface area (Å²) in [5.41, 5.74) is 4.02. The molecule has 4 rings (SSSR count). The van der Waals surface area contributed by atoms with Crippen molar-refractivity contribution < 1.29 is 4.74 Å². The average molecular weight is 292 g/mol. The quantitative estimate of drug-likeness (QED) is 0.778. The third kappa shape index (κ3) is 2.11. The lowest BCUT2D eigenvalue weighted by atomic mass is 10.0. The lowest BCUT2D eigenvalue weighted by Crippen LogP contribution is -2.10. The van der Waals surface area contributed by atoms with Gasteiger partial charge in [-0.2, -0.15) is 5.10 Å². The summed E-state index contributed by atoms with van der Waals surface area (Å²) >= 11 is 0. The molecule has 1 aliphatic rings. The standard InChI is InChI=1S/C17H16N4O/c1-22-13-6-4-11(5-7-13)12-9-14-16(15-3-2-8-18-15)20-21-17(14)19-10-12/h2,4-10,15,18H,3H2,1H3,(H,19,20,21). The predicted molar refractivity (Wildman–Crippen MR) is 85.5 cm³/mol. The van der Waals surface area contributed by atoms with E-state index < -0.39 is 0 Å². The largest absolute Gasteiger partial charge is 0.497 e. The Morgan fingerprint density at radius 1 is 1.18 bits per heavy atom. The SMILES string of the molecule is COc1ccc(-c2cnc3n[nH]c(C4CC=CN4)c3c2)cc1. The molecule has 0 fully saturated rings. The lowest BCUT2D eigenvalue weighted by Gasteiger charge is -2.09. The summed E-state index contributed by atoms with van der Waals surface area (Å²) < 4.78 is 5.20. The van der Waals surface area contributed by atoms with Crippen molar-refractivity contribution in [2.45, 2.75) is 12.5 Å². The molecule has 22 heavy (non-hydrogen) atoms. The van der Waals surface area contributed by atoms with Crippen LogP contribution in [-0.4, -0.2) is 22.3 Å². The average Bonchev–Trinajstić information content (AvgIpc) is 3.23. The van der Waals surface area contributed by atoms with E-state index in [1.807, 2.05) is 36.7 Å². The molecule has 1 aromatic carbocycles. The third-order valence-corrected chi connectivity index (χ3v) is 4.00. The highest BCUT2D eigenvalue weighted by atomic mass is 16.5. The van der Waals surface area contributed by atoms with Crippen LogP contribution in [0.4, 0.5) is 0 Å². The van der Waals surface area contributed by atoms with Gasteiger partial charge in [-0.3, -0.25) is 5.10 Å². The van der Waals surface area contributed by atoms with Crippen LogP contribution in [0.5, 0.6) is 5.75 Å². The molecule has 2 N–H and O–H groups in total. The molecule has 0 radical (unpaired) electrons. The fourth-order valence-corrected chi connectivity index (χ4v) is 2.78. The Labute approximate surface area is 128 Å². The number of rotatable bonds is 3. The van der Waals surface area contributed by atoms with Gasteiger partial charge in [-0.25, -0.2) is 4.98 Å². The first-order chi connectivity index (χ1) is 10.8. The van der Waals surface area contributed by atoms with E-state index in [1.165, 1.54) is 0 Å². The van der Waals surface area contributed by atoms with Crippen molar-refractivity contribution in [2.75, 3.05) is 7.11 Å². The summed E-state index contributed by atoms with van der Waals surface area (Å²) in [5, 5.41) is 11.8. The molecule has 1 aliphatic heterocycles. The van der Waals surface area contributed by atoms with Gasteiger partial charge in [0.05, 0.1) is 18.8 Å². The number of ether oxygens (including phenoxy) is 1. The van der Waals surface area contributed by atoms with E-state index in [-0.39, 0.29) is 6.04 Å². The maximum absolute atomic E-state index is 5.20. The second-order valence-corrected chi connectivity index (χ2v) is 5.32. The van der Waals surface area contributed by atoms with Gasteiger partial charge in [-0.1, -0.05) is 18.2 Å². The van der Waals surface area contributed by atoms with Gasteiger partial charge in [0, 0.05) is 17.1 Å². The highest BCUT2D eigenvalue weighted by Gasteiger charge is 2.18. The molecule has 0 bridgehead atoms. The van der Waals surface area contributed by atoms with Crippen LogP contribution in [-0.2, 0) is 0 Å². The second-order valence-electron chi connectivity index (χ2n) is 5.32. The van der Waals surface area contributed by atoms with Crippen molar-refractivity contribution in [3.8, 4) is 16.9 Å². The first kappa shape index (κ1) is 12.9. The maximum Gasteiger partial charge on any atom is 0.181 e. The normalized spacial score (nSPS) is 16.9. The molecule has 3 aromatic rings. The van der Waals surface area contributed by atoms with Crippen LogP contribution in [0.2, 0.25) is 0 Å². The molecule has 110 valence electrons. The predicted octanol–water partition coefficient (Wildman–Crippen LogP) is 3.18. The fourth-order valence-electron chi connectivity index (χ4n) is 2.78. The zero-order valence-corrected chi connectivity index (χ0v) is 12.2. The summed E-state index contributed by atoms with van der Waals surface area (Å²) in [6, 6.07) is 10.4. The van der Waals surface area contributed by atoms with Crippen LogP contribution in [0.15, 0.2) is 48.8 Å². The highest BCUT2D eigenvalue weighted by Crippen LogP contribution is 2.29. The highest BCUT2D eigenvalue weighted by molar-refractivity contribution is 5.83. The molecule has 0 amide bonds. The number of nitrogens with one attached hydrogen (secondary N) is 2. The smallest absolute Gasteiger partial charge is 0.181 e. The van der Waals surface area contributed by atoms with Gasteiger partial charge >= 0.3 is 0 Å². The first-order valence-electron chi connectivity index (χ1n) is 7.24. The number of methoxy groups -OCH3 is 1. The van der Waals surface area contributed by atoms with E-state index in [0.29, 0.717) is 0 Å². The van der Waals surface area contributed by atoms with Crippen molar-refractivity contribution in [3.63, 3.8) is 0 Å². The Balaban J connectivity index is 1.76. The van der Waals surface area contributed by atoms with Crippen LogP contribution >= 0.6 is 0 Å². The van der Waals surface area contributed by atoms with Gasteiger partial charge in [0.2, 0.25) is 0 Å². The van der Waals surface area contributed by atoms with Gasteiger partial charge < -0.3 is 10.1 Å². The summed E-state index contributed by atoms with van der Waals surface area (Å²) in [7, 11) is 1.67. The summed E-state index contributed by atoms with van der Waals surface area (Å²) in [6.45, 7) is 0. The Morgan fingerprint density at radius 2 is 2.05 bits per heavy atom. The van der Waals surface area contributed by atoms with Gasteiger partial charge in [-0.05, 0) is 36.4 Å². The van der Waals surface area contributed by atoms with Crippen molar-refractivity contribution in [3.05, 3.63) is 54.5 Å². The van der Waals surface area contributed by atoms with Crippen LogP contribution in [0, 0.1) is 0 Å². The number of nitrogens with zero attached hydrogens (tertiary/aromatic N) is 2. The number of H-pyrrole nitrogens is 1. The zero-order chi connectivity index (χ0) is 14.9. The monoisotopic (exact) mass is 292 g/mol. The van der Waals surface area contributed by atoms with Gasteiger partial charge in [-0.15, -0.1) is 0 Å². The molecule has 3 heterocycles. The molecule has 0 saturated heterocycles. The molecule has 1 atom stereocenters. The van der Waals surface area contributed by atoms with Gasteiger partial charge in [0.25, 0.3) is 0 Å². The Bertz CT molecular complexity index is 827. The second kappa shape index (κ2) is 5.18. The number of aromatic nitrogens is 3. The number of aromatic amines is 1. The van der Waals surface area contributed by atoms with E-state index in [4.69, 9.17) is 4.74 Å². The van der Waals surface area contributed by atoms with E-state index in [2.05, 4.69) is 32.6 Å². The molecule has 0 saturated carbocycles. The number of pyridine rings is 1. The Kier molecular flexibility index (Phi) is 3.04. The summed E-state index contributed by atoms with van der Waals surface area (Å²) in [6.07, 6.45) is 6.93. The number of hydrogen-bond acceptors (Lipinski definition) is 4. The molecule has 1 unspecified atom stereocenters. The zero-order valence-electron chi connectivity index (χ0n) is 12.2. The lowest BCUT2D eigenvalue weighted by molar-refractivity contribution is 0.415. The van der Waals surface area contributed by atoms with Crippen LogP contribution in [0.1, 0.15) is 18.2 Å². The molecule has 2 aromatic heterocycles.